The van der Waals surface area contributed by atoms with Crippen molar-refractivity contribution in [1.82, 2.24) is 5.32 Å². The SMILES string of the molecule is CCOC(C)(C)CCNC(=O)OCC1[C@H]2CCC#CCC[C@@H]12. The Labute approximate surface area is 134 Å². The highest BCUT2D eigenvalue weighted by molar-refractivity contribution is 5.67. The molecule has 124 valence electrons. The van der Waals surface area contributed by atoms with Crippen molar-refractivity contribution < 1.29 is 14.3 Å². The largest absolute Gasteiger partial charge is 0.449 e. The molecule has 0 aromatic rings. The molecule has 1 saturated carbocycles. The number of carbonyl (C=O) groups excluding carboxylic acids is 1. The van der Waals surface area contributed by atoms with E-state index in [0.29, 0.717) is 25.7 Å². The summed E-state index contributed by atoms with van der Waals surface area (Å²) in [5.41, 5.74) is -0.204. The topological polar surface area (TPSA) is 47.6 Å². The molecule has 0 saturated heterocycles. The molecule has 2 aliphatic carbocycles. The first-order valence-corrected chi connectivity index (χ1v) is 8.54. The molecule has 22 heavy (non-hydrogen) atoms. The van der Waals surface area contributed by atoms with Crippen molar-refractivity contribution in [3.63, 3.8) is 0 Å². The van der Waals surface area contributed by atoms with Gasteiger partial charge in [-0.25, -0.2) is 4.79 Å². The summed E-state index contributed by atoms with van der Waals surface area (Å²) in [5, 5.41) is 2.82. The average Bonchev–Trinajstić information content (AvgIpc) is 3.06. The molecule has 0 aromatic heterocycles. The standard InChI is InChI=1S/C18H29NO3/c1-4-22-18(2,3)11-12-19-17(20)21-13-16-14-9-7-5-6-8-10-15(14)16/h14-16H,4,7-13H2,1-3H3,(H,19,20)/t14-,15+,16?. The van der Waals surface area contributed by atoms with Gasteiger partial charge in [-0.3, -0.25) is 0 Å². The highest BCUT2D eigenvalue weighted by Gasteiger charge is 2.49. The molecule has 0 spiro atoms. The van der Waals surface area contributed by atoms with E-state index in [4.69, 9.17) is 9.47 Å². The van der Waals surface area contributed by atoms with Gasteiger partial charge in [0.15, 0.2) is 0 Å². The summed E-state index contributed by atoms with van der Waals surface area (Å²) in [4.78, 5) is 11.8. The predicted molar refractivity (Wildman–Crippen MR) is 86.4 cm³/mol. The number of fused-ring (bicyclic) bond motifs is 1. The van der Waals surface area contributed by atoms with Gasteiger partial charge in [0.25, 0.3) is 0 Å². The number of alkyl carbamates (subject to hydrolysis) is 1. The van der Waals surface area contributed by atoms with Crippen molar-refractivity contribution in [3.8, 4) is 11.8 Å². The van der Waals surface area contributed by atoms with E-state index >= 15 is 0 Å². The fourth-order valence-electron chi connectivity index (χ4n) is 3.43. The minimum atomic E-state index is -0.303. The third-order valence-electron chi connectivity index (χ3n) is 4.78. The molecule has 0 bridgehead atoms. The smallest absolute Gasteiger partial charge is 0.407 e. The molecule has 2 aliphatic rings. The van der Waals surface area contributed by atoms with Crippen LogP contribution in [0.3, 0.4) is 0 Å². The van der Waals surface area contributed by atoms with E-state index in [1.807, 2.05) is 20.8 Å². The third-order valence-corrected chi connectivity index (χ3v) is 4.78. The highest BCUT2D eigenvalue weighted by Crippen LogP contribution is 2.52. The Morgan fingerprint density at radius 2 is 1.86 bits per heavy atom. The number of rotatable bonds is 7. The summed E-state index contributed by atoms with van der Waals surface area (Å²) in [7, 11) is 0. The predicted octanol–water partition coefficient (Wildman–Crippen LogP) is 3.36. The molecule has 4 nitrogen and oxygen atoms in total. The van der Waals surface area contributed by atoms with Crippen LogP contribution in [0, 0.1) is 29.6 Å². The van der Waals surface area contributed by atoms with Gasteiger partial charge in [-0.15, -0.1) is 11.8 Å². The molecule has 1 N–H and O–H groups in total. The van der Waals surface area contributed by atoms with Crippen molar-refractivity contribution in [1.29, 1.82) is 0 Å². The molecule has 4 heteroatoms. The molecule has 0 radical (unpaired) electrons. The number of hydrogen-bond donors (Lipinski definition) is 1. The molecule has 2 rings (SSSR count). The van der Waals surface area contributed by atoms with Crippen LogP contribution in [-0.4, -0.2) is 31.5 Å². The van der Waals surface area contributed by atoms with E-state index in [9.17, 15) is 4.79 Å². The summed E-state index contributed by atoms with van der Waals surface area (Å²) in [5.74, 6) is 8.39. The second kappa shape index (κ2) is 7.87. The van der Waals surface area contributed by atoms with Gasteiger partial charge in [0.1, 0.15) is 0 Å². The lowest BCUT2D eigenvalue weighted by atomic mass is 10.1. The Bertz CT molecular complexity index is 417. The Balaban J connectivity index is 1.59. The van der Waals surface area contributed by atoms with Crippen LogP contribution in [0.5, 0.6) is 0 Å². The van der Waals surface area contributed by atoms with Crippen molar-refractivity contribution >= 4 is 6.09 Å². The highest BCUT2D eigenvalue weighted by atomic mass is 16.5. The minimum Gasteiger partial charge on any atom is -0.449 e. The summed E-state index contributed by atoms with van der Waals surface area (Å²) in [6.45, 7) is 7.87. The van der Waals surface area contributed by atoms with E-state index in [0.717, 1.165) is 43.9 Å². The van der Waals surface area contributed by atoms with Crippen LogP contribution < -0.4 is 5.32 Å². The van der Waals surface area contributed by atoms with Crippen LogP contribution in [0.2, 0.25) is 0 Å². The first-order chi connectivity index (χ1) is 10.5. The van der Waals surface area contributed by atoms with E-state index in [1.165, 1.54) is 0 Å². The van der Waals surface area contributed by atoms with E-state index in [-0.39, 0.29) is 11.7 Å². The van der Waals surface area contributed by atoms with E-state index < -0.39 is 0 Å². The number of hydrogen-bond acceptors (Lipinski definition) is 3. The van der Waals surface area contributed by atoms with Gasteiger partial charge in [-0.2, -0.15) is 0 Å². The fourth-order valence-corrected chi connectivity index (χ4v) is 3.43. The summed E-state index contributed by atoms with van der Waals surface area (Å²) in [6.07, 6.45) is 4.79. The number of amides is 1. The van der Waals surface area contributed by atoms with Crippen LogP contribution in [0.15, 0.2) is 0 Å². The van der Waals surface area contributed by atoms with Crippen LogP contribution in [-0.2, 0) is 9.47 Å². The lowest BCUT2D eigenvalue weighted by molar-refractivity contribution is -0.0155. The summed E-state index contributed by atoms with van der Waals surface area (Å²) in [6, 6.07) is 0. The molecule has 1 fully saturated rings. The first kappa shape index (κ1) is 17.1. The molecule has 1 unspecified atom stereocenters. The monoisotopic (exact) mass is 307 g/mol. The maximum Gasteiger partial charge on any atom is 0.407 e. The molecule has 0 heterocycles. The van der Waals surface area contributed by atoms with Gasteiger partial charge in [0, 0.05) is 26.0 Å². The van der Waals surface area contributed by atoms with Crippen molar-refractivity contribution in [2.24, 2.45) is 17.8 Å². The van der Waals surface area contributed by atoms with E-state index in [2.05, 4.69) is 17.2 Å². The third kappa shape index (κ3) is 5.21. The van der Waals surface area contributed by atoms with Crippen LogP contribution >= 0.6 is 0 Å². The lowest BCUT2D eigenvalue weighted by Gasteiger charge is -2.24. The number of carbonyl (C=O) groups is 1. The second-order valence-corrected chi connectivity index (χ2v) is 6.89. The normalized spacial score (nSPS) is 26.8. The van der Waals surface area contributed by atoms with Crippen LogP contribution in [0.25, 0.3) is 0 Å². The molecule has 1 amide bonds. The quantitative estimate of drug-likeness (QED) is 0.734. The maximum absolute atomic E-state index is 11.8. The Kier molecular flexibility index (Phi) is 6.14. The average molecular weight is 307 g/mol. The number of nitrogens with one attached hydrogen (secondary N) is 1. The molecule has 0 aliphatic heterocycles. The van der Waals surface area contributed by atoms with Gasteiger partial charge in [0.05, 0.1) is 12.2 Å². The van der Waals surface area contributed by atoms with Gasteiger partial charge in [-0.05, 0) is 57.8 Å². The van der Waals surface area contributed by atoms with Crippen LogP contribution in [0.1, 0.15) is 52.9 Å². The second-order valence-electron chi connectivity index (χ2n) is 6.89. The summed E-state index contributed by atoms with van der Waals surface area (Å²) < 4.78 is 11.0. The Morgan fingerprint density at radius 3 is 2.45 bits per heavy atom. The number of ether oxygens (including phenoxy) is 2. The Hall–Kier alpha value is -1.21. The van der Waals surface area contributed by atoms with Crippen molar-refractivity contribution in [2.75, 3.05) is 19.8 Å². The van der Waals surface area contributed by atoms with Gasteiger partial charge >= 0.3 is 6.09 Å². The van der Waals surface area contributed by atoms with Crippen molar-refractivity contribution in [3.05, 3.63) is 0 Å². The van der Waals surface area contributed by atoms with Gasteiger partial charge in [-0.1, -0.05) is 0 Å². The minimum absolute atomic E-state index is 0.204. The van der Waals surface area contributed by atoms with Crippen molar-refractivity contribution in [2.45, 2.75) is 58.5 Å². The fraction of sp³-hybridized carbons (Fsp3) is 0.833. The zero-order chi connectivity index (χ0) is 16.0. The summed E-state index contributed by atoms with van der Waals surface area (Å²) >= 11 is 0. The molecule has 0 aromatic carbocycles. The van der Waals surface area contributed by atoms with Gasteiger partial charge < -0.3 is 14.8 Å². The molecular formula is C18H29NO3. The zero-order valence-corrected chi connectivity index (χ0v) is 14.1. The molecule has 3 atom stereocenters. The molecular weight excluding hydrogens is 278 g/mol. The maximum atomic E-state index is 11.8. The first-order valence-electron chi connectivity index (χ1n) is 8.54. The zero-order valence-electron chi connectivity index (χ0n) is 14.1. The van der Waals surface area contributed by atoms with Gasteiger partial charge in [0.2, 0.25) is 0 Å². The Morgan fingerprint density at radius 1 is 1.23 bits per heavy atom. The van der Waals surface area contributed by atoms with E-state index in [1.54, 1.807) is 0 Å². The van der Waals surface area contributed by atoms with Crippen LogP contribution in [0.4, 0.5) is 4.79 Å². The lowest BCUT2D eigenvalue weighted by Crippen LogP contribution is -2.33.